The number of carbonyl (C=O) groups excluding carboxylic acids is 2. The molecular weight excluding hydrogens is 593 g/mol. The quantitative estimate of drug-likeness (QED) is 0.226. The summed E-state index contributed by atoms with van der Waals surface area (Å²) in [5.74, 6) is -0.966. The SMILES string of the molecule is CNC(=O)[C@@H](Cc1ccccc1)N(Cc1ccccc1)C(=O)CN(c1cccc(Cl)c1Cl)S(=O)(=O)c1ccc(C)cc1. The van der Waals surface area contributed by atoms with Crippen LogP contribution in [0.3, 0.4) is 0 Å². The Balaban J connectivity index is 1.81. The van der Waals surface area contributed by atoms with Crippen molar-refractivity contribution in [1.82, 2.24) is 10.2 Å². The fourth-order valence-corrected chi connectivity index (χ4v) is 6.41. The predicted molar refractivity (Wildman–Crippen MR) is 167 cm³/mol. The molecule has 0 aromatic heterocycles. The van der Waals surface area contributed by atoms with Gasteiger partial charge in [-0.05, 0) is 42.3 Å². The molecule has 4 aromatic rings. The van der Waals surface area contributed by atoms with Crippen molar-refractivity contribution in [2.75, 3.05) is 17.9 Å². The Bertz CT molecular complexity index is 1630. The van der Waals surface area contributed by atoms with Gasteiger partial charge in [0.1, 0.15) is 12.6 Å². The van der Waals surface area contributed by atoms with E-state index < -0.39 is 28.5 Å². The van der Waals surface area contributed by atoms with Crippen molar-refractivity contribution in [2.45, 2.75) is 30.8 Å². The number of halogens is 2. The van der Waals surface area contributed by atoms with E-state index in [2.05, 4.69) is 5.32 Å². The third kappa shape index (κ3) is 7.31. The van der Waals surface area contributed by atoms with Gasteiger partial charge >= 0.3 is 0 Å². The molecule has 0 saturated carbocycles. The van der Waals surface area contributed by atoms with E-state index in [-0.39, 0.29) is 39.5 Å². The normalized spacial score (nSPS) is 11.9. The Labute approximate surface area is 256 Å². The minimum atomic E-state index is -4.28. The largest absolute Gasteiger partial charge is 0.357 e. The summed E-state index contributed by atoms with van der Waals surface area (Å²) in [6, 6.07) is 28.5. The molecule has 2 amide bonds. The van der Waals surface area contributed by atoms with Crippen molar-refractivity contribution in [3.05, 3.63) is 130 Å². The van der Waals surface area contributed by atoms with Crippen LogP contribution in [0.1, 0.15) is 16.7 Å². The van der Waals surface area contributed by atoms with Crippen molar-refractivity contribution in [3.8, 4) is 0 Å². The lowest BCUT2D eigenvalue weighted by Gasteiger charge is -2.33. The summed E-state index contributed by atoms with van der Waals surface area (Å²) in [5.41, 5.74) is 2.55. The molecule has 0 aliphatic rings. The maximum absolute atomic E-state index is 14.3. The first kappa shape index (κ1) is 31.1. The van der Waals surface area contributed by atoms with Gasteiger partial charge in [-0.2, -0.15) is 0 Å². The second kappa shape index (κ2) is 13.9. The Kier molecular flexibility index (Phi) is 10.3. The number of nitrogens with one attached hydrogen (secondary N) is 1. The summed E-state index contributed by atoms with van der Waals surface area (Å²) in [6.45, 7) is 1.30. The fraction of sp³-hybridized carbons (Fsp3) is 0.188. The molecule has 0 aliphatic carbocycles. The van der Waals surface area contributed by atoms with Gasteiger partial charge < -0.3 is 10.2 Å². The molecule has 0 unspecified atom stereocenters. The lowest BCUT2D eigenvalue weighted by Crippen LogP contribution is -2.53. The van der Waals surface area contributed by atoms with Gasteiger partial charge in [-0.25, -0.2) is 8.42 Å². The summed E-state index contributed by atoms with van der Waals surface area (Å²) < 4.78 is 29.1. The van der Waals surface area contributed by atoms with Crippen molar-refractivity contribution in [3.63, 3.8) is 0 Å². The maximum Gasteiger partial charge on any atom is 0.264 e. The van der Waals surface area contributed by atoms with E-state index in [1.807, 2.05) is 67.6 Å². The van der Waals surface area contributed by atoms with E-state index in [1.165, 1.54) is 36.2 Å². The Hall–Kier alpha value is -3.85. The molecule has 1 atom stereocenters. The van der Waals surface area contributed by atoms with Gasteiger partial charge in [-0.15, -0.1) is 0 Å². The molecule has 10 heteroatoms. The molecule has 0 heterocycles. The molecule has 0 spiro atoms. The van der Waals surface area contributed by atoms with Gasteiger partial charge in [0, 0.05) is 20.0 Å². The lowest BCUT2D eigenvalue weighted by molar-refractivity contribution is -0.139. The van der Waals surface area contributed by atoms with Crippen molar-refractivity contribution in [2.24, 2.45) is 0 Å². The van der Waals surface area contributed by atoms with Crippen LogP contribution in [0.25, 0.3) is 0 Å². The minimum absolute atomic E-state index is 0.00982. The van der Waals surface area contributed by atoms with Crippen LogP contribution in [0.15, 0.2) is 108 Å². The fourth-order valence-electron chi connectivity index (χ4n) is 4.54. The molecule has 4 rings (SSSR count). The smallest absolute Gasteiger partial charge is 0.264 e. The molecule has 0 fully saturated rings. The Morgan fingerprint density at radius 3 is 2.00 bits per heavy atom. The summed E-state index contributed by atoms with van der Waals surface area (Å²) in [5, 5.41) is 2.79. The first-order valence-electron chi connectivity index (χ1n) is 13.2. The van der Waals surface area contributed by atoms with Crippen LogP contribution in [0.2, 0.25) is 10.0 Å². The van der Waals surface area contributed by atoms with Crippen LogP contribution in [-0.4, -0.2) is 44.8 Å². The van der Waals surface area contributed by atoms with Crippen molar-refractivity contribution in [1.29, 1.82) is 0 Å². The second-order valence-electron chi connectivity index (χ2n) is 9.72. The van der Waals surface area contributed by atoms with Crippen LogP contribution in [0.4, 0.5) is 5.69 Å². The Morgan fingerprint density at radius 2 is 1.40 bits per heavy atom. The number of anilines is 1. The van der Waals surface area contributed by atoms with E-state index in [0.717, 1.165) is 21.0 Å². The first-order valence-corrected chi connectivity index (χ1v) is 15.4. The van der Waals surface area contributed by atoms with Crippen LogP contribution < -0.4 is 9.62 Å². The second-order valence-corrected chi connectivity index (χ2v) is 12.4. The number of hydrogen-bond donors (Lipinski definition) is 1. The van der Waals surface area contributed by atoms with Crippen LogP contribution >= 0.6 is 23.2 Å². The lowest BCUT2D eigenvalue weighted by atomic mass is 10.0. The molecule has 0 aliphatic heterocycles. The highest BCUT2D eigenvalue weighted by Crippen LogP contribution is 2.35. The molecule has 0 saturated heterocycles. The number of carbonyl (C=O) groups is 2. The number of amides is 2. The van der Waals surface area contributed by atoms with E-state index in [0.29, 0.717) is 0 Å². The van der Waals surface area contributed by atoms with Gasteiger partial charge in [0.15, 0.2) is 0 Å². The van der Waals surface area contributed by atoms with Crippen LogP contribution in [-0.2, 0) is 32.6 Å². The molecule has 7 nitrogen and oxygen atoms in total. The number of rotatable bonds is 11. The van der Waals surface area contributed by atoms with Crippen LogP contribution in [0.5, 0.6) is 0 Å². The van der Waals surface area contributed by atoms with E-state index in [4.69, 9.17) is 23.2 Å². The monoisotopic (exact) mass is 623 g/mol. The zero-order chi connectivity index (χ0) is 30.3. The average Bonchev–Trinajstić information content (AvgIpc) is 3.00. The van der Waals surface area contributed by atoms with Gasteiger partial charge in [0.05, 0.1) is 20.6 Å². The van der Waals surface area contributed by atoms with Crippen molar-refractivity contribution >= 4 is 50.7 Å². The molecule has 218 valence electrons. The number of sulfonamides is 1. The summed E-state index contributed by atoms with van der Waals surface area (Å²) in [6.07, 6.45) is 0.224. The van der Waals surface area contributed by atoms with Gasteiger partial charge in [-0.3, -0.25) is 13.9 Å². The number of nitrogens with zero attached hydrogens (tertiary/aromatic N) is 2. The summed E-state index contributed by atoms with van der Waals surface area (Å²) in [7, 11) is -2.77. The zero-order valence-electron chi connectivity index (χ0n) is 23.2. The average molecular weight is 625 g/mol. The topological polar surface area (TPSA) is 86.8 Å². The number of likely N-dealkylation sites (N-methyl/N-ethyl adjacent to an activating group) is 1. The van der Waals surface area contributed by atoms with E-state index in [9.17, 15) is 18.0 Å². The standard InChI is InChI=1S/C32H31Cl2N3O4S/c1-23-16-18-26(19-17-23)42(40,41)37(28-15-9-14-27(33)31(28)34)22-30(38)36(21-25-12-7-4-8-13-25)29(32(39)35-2)20-24-10-5-3-6-11-24/h3-19,29H,20-22H2,1-2H3,(H,35,39)/t29-/m1/s1. The highest BCUT2D eigenvalue weighted by atomic mass is 35.5. The summed E-state index contributed by atoms with van der Waals surface area (Å²) >= 11 is 12.8. The predicted octanol–water partition coefficient (Wildman–Crippen LogP) is 5.88. The molecular formula is C32H31Cl2N3O4S. The molecule has 4 aromatic carbocycles. The maximum atomic E-state index is 14.3. The molecule has 0 radical (unpaired) electrons. The summed E-state index contributed by atoms with van der Waals surface area (Å²) in [4.78, 5) is 29.0. The minimum Gasteiger partial charge on any atom is -0.357 e. The van der Waals surface area contributed by atoms with Gasteiger partial charge in [0.25, 0.3) is 10.0 Å². The highest BCUT2D eigenvalue weighted by molar-refractivity contribution is 7.92. The number of aryl methyl sites for hydroxylation is 1. The molecule has 42 heavy (non-hydrogen) atoms. The highest BCUT2D eigenvalue weighted by Gasteiger charge is 2.35. The zero-order valence-corrected chi connectivity index (χ0v) is 25.5. The van der Waals surface area contributed by atoms with Crippen LogP contribution in [0, 0.1) is 6.92 Å². The van der Waals surface area contributed by atoms with E-state index in [1.54, 1.807) is 18.2 Å². The number of benzene rings is 4. The molecule has 0 bridgehead atoms. The van der Waals surface area contributed by atoms with Crippen molar-refractivity contribution < 1.29 is 18.0 Å². The Morgan fingerprint density at radius 1 is 0.810 bits per heavy atom. The van der Waals surface area contributed by atoms with Gasteiger partial charge in [-0.1, -0.05) is 108 Å². The third-order valence-electron chi connectivity index (χ3n) is 6.80. The number of hydrogen-bond acceptors (Lipinski definition) is 4. The molecule has 1 N–H and O–H groups in total. The van der Waals surface area contributed by atoms with Gasteiger partial charge in [0.2, 0.25) is 11.8 Å². The first-order chi connectivity index (χ1) is 20.1. The van der Waals surface area contributed by atoms with E-state index >= 15 is 0 Å². The third-order valence-corrected chi connectivity index (χ3v) is 9.38.